The summed E-state index contributed by atoms with van der Waals surface area (Å²) in [5.74, 6) is 1.06. The molecule has 5 rings (SSSR count). The van der Waals surface area contributed by atoms with Crippen LogP contribution in [0.4, 0.5) is 10.1 Å². The summed E-state index contributed by atoms with van der Waals surface area (Å²) in [6, 6.07) is 11.8. The van der Waals surface area contributed by atoms with Gasteiger partial charge in [-0.3, -0.25) is 9.59 Å². The van der Waals surface area contributed by atoms with Crippen molar-refractivity contribution in [3.8, 4) is 5.75 Å². The molecule has 5 nitrogen and oxygen atoms in total. The molecule has 1 saturated carbocycles. The van der Waals surface area contributed by atoms with Crippen molar-refractivity contribution >= 4 is 29.3 Å². The van der Waals surface area contributed by atoms with Crippen LogP contribution in [-0.4, -0.2) is 36.1 Å². The zero-order valence-electron chi connectivity index (χ0n) is 16.1. The highest BCUT2D eigenvalue weighted by Gasteiger charge is 2.60. The fourth-order valence-electron chi connectivity index (χ4n) is 4.22. The molecule has 2 fully saturated rings. The Balaban J connectivity index is 1.60. The Morgan fingerprint density at radius 2 is 2.00 bits per heavy atom. The number of benzene rings is 2. The first-order chi connectivity index (χ1) is 14.0. The lowest BCUT2D eigenvalue weighted by Gasteiger charge is -2.33. The van der Waals surface area contributed by atoms with Gasteiger partial charge in [-0.25, -0.2) is 4.39 Å². The molecule has 150 valence electrons. The van der Waals surface area contributed by atoms with Gasteiger partial charge >= 0.3 is 0 Å². The van der Waals surface area contributed by atoms with E-state index in [9.17, 15) is 14.0 Å². The number of thioether (sulfide) groups is 1. The Hall–Kier alpha value is -2.54. The van der Waals surface area contributed by atoms with Gasteiger partial charge in [0.05, 0.1) is 19.3 Å². The molecule has 2 amide bonds. The summed E-state index contributed by atoms with van der Waals surface area (Å²) in [6.07, 6.45) is 1.79. The number of halogens is 1. The van der Waals surface area contributed by atoms with E-state index in [4.69, 9.17) is 4.74 Å². The van der Waals surface area contributed by atoms with Gasteiger partial charge in [-0.15, -0.1) is 11.8 Å². The largest absolute Gasteiger partial charge is 0.497 e. The first kappa shape index (κ1) is 18.5. The molecule has 1 aliphatic carbocycles. The Bertz CT molecular complexity index is 992. The number of rotatable bonds is 4. The van der Waals surface area contributed by atoms with Gasteiger partial charge in [0.15, 0.2) is 4.87 Å². The molecule has 3 aliphatic rings. The lowest BCUT2D eigenvalue weighted by Crippen LogP contribution is -2.50. The van der Waals surface area contributed by atoms with Crippen molar-refractivity contribution < 1.29 is 18.7 Å². The Labute approximate surface area is 172 Å². The molecule has 0 radical (unpaired) electrons. The number of amides is 2. The molecule has 0 bridgehead atoms. The van der Waals surface area contributed by atoms with Crippen LogP contribution in [0, 0.1) is 11.7 Å². The van der Waals surface area contributed by atoms with Crippen LogP contribution < -0.4 is 9.64 Å². The SMILES string of the molecule is COc1ccc2c(c1)[C@]1(SCCN1C(=O)C1CC1)C(=O)N2Cc1ccc(F)cc1. The molecule has 2 aromatic carbocycles. The highest BCUT2D eigenvalue weighted by molar-refractivity contribution is 8.01. The van der Waals surface area contributed by atoms with Gasteiger partial charge in [-0.2, -0.15) is 0 Å². The molecule has 29 heavy (non-hydrogen) atoms. The third kappa shape index (κ3) is 2.82. The first-order valence-corrected chi connectivity index (χ1v) is 10.7. The number of ether oxygens (including phenoxy) is 1. The predicted molar refractivity (Wildman–Crippen MR) is 109 cm³/mol. The second kappa shape index (κ2) is 6.76. The summed E-state index contributed by atoms with van der Waals surface area (Å²) in [5, 5.41) is 0. The topological polar surface area (TPSA) is 49.9 Å². The molecule has 7 heteroatoms. The zero-order valence-corrected chi connectivity index (χ0v) is 16.9. The van der Waals surface area contributed by atoms with Gasteiger partial charge in [0.1, 0.15) is 11.6 Å². The van der Waals surface area contributed by atoms with Crippen molar-refractivity contribution in [3.63, 3.8) is 0 Å². The standard InChI is InChI=1S/C22H21FN2O3S/c1-28-17-8-9-19-18(12-17)22(25(10-11-29-22)20(26)15-4-5-15)21(27)24(19)13-14-2-6-16(23)7-3-14/h2-3,6-9,12,15H,4-5,10-11,13H2,1H3/t22-/m0/s1. The average Bonchev–Trinajstić information content (AvgIpc) is 3.46. The van der Waals surface area contributed by atoms with Crippen LogP contribution >= 0.6 is 11.8 Å². The van der Waals surface area contributed by atoms with E-state index < -0.39 is 4.87 Å². The molecule has 1 saturated heterocycles. The van der Waals surface area contributed by atoms with Gasteiger partial charge in [-0.1, -0.05) is 12.1 Å². The van der Waals surface area contributed by atoms with Crippen LogP contribution in [0.25, 0.3) is 0 Å². The van der Waals surface area contributed by atoms with E-state index >= 15 is 0 Å². The molecular weight excluding hydrogens is 391 g/mol. The van der Waals surface area contributed by atoms with Gasteiger partial charge in [-0.05, 0) is 48.7 Å². The monoisotopic (exact) mass is 412 g/mol. The fraction of sp³-hybridized carbons (Fsp3) is 0.364. The van der Waals surface area contributed by atoms with Crippen molar-refractivity contribution in [2.45, 2.75) is 24.3 Å². The van der Waals surface area contributed by atoms with Crippen LogP contribution in [-0.2, 0) is 21.0 Å². The molecule has 2 heterocycles. The van der Waals surface area contributed by atoms with Crippen molar-refractivity contribution in [1.82, 2.24) is 4.90 Å². The van der Waals surface area contributed by atoms with Gasteiger partial charge in [0.25, 0.3) is 5.91 Å². The lowest BCUT2D eigenvalue weighted by atomic mass is 10.0. The maximum absolute atomic E-state index is 13.8. The van der Waals surface area contributed by atoms with Gasteiger partial charge in [0.2, 0.25) is 5.91 Å². The second-order valence-corrected chi connectivity index (χ2v) is 8.95. The van der Waals surface area contributed by atoms with Crippen molar-refractivity contribution in [2.24, 2.45) is 5.92 Å². The Morgan fingerprint density at radius 3 is 2.69 bits per heavy atom. The highest BCUT2D eigenvalue weighted by atomic mass is 32.2. The highest BCUT2D eigenvalue weighted by Crippen LogP contribution is 2.56. The normalized spacial score (nSPS) is 23.0. The van der Waals surface area contributed by atoms with Crippen molar-refractivity contribution in [2.75, 3.05) is 24.3 Å². The van der Waals surface area contributed by atoms with Gasteiger partial charge < -0.3 is 14.5 Å². The minimum absolute atomic E-state index is 0.0404. The summed E-state index contributed by atoms with van der Waals surface area (Å²) in [7, 11) is 1.59. The maximum Gasteiger partial charge on any atom is 0.268 e. The lowest BCUT2D eigenvalue weighted by molar-refractivity contribution is -0.141. The molecule has 0 N–H and O–H groups in total. The smallest absolute Gasteiger partial charge is 0.268 e. The number of methoxy groups -OCH3 is 1. The van der Waals surface area contributed by atoms with Crippen LogP contribution in [0.2, 0.25) is 0 Å². The number of nitrogens with zero attached hydrogens (tertiary/aromatic N) is 2. The van der Waals surface area contributed by atoms with Crippen LogP contribution in [0.3, 0.4) is 0 Å². The minimum Gasteiger partial charge on any atom is -0.497 e. The summed E-state index contributed by atoms with van der Waals surface area (Å²) in [4.78, 5) is 29.3. The number of fused-ring (bicyclic) bond motifs is 2. The van der Waals surface area contributed by atoms with E-state index in [0.29, 0.717) is 24.6 Å². The fourth-order valence-corrected chi connectivity index (χ4v) is 5.68. The van der Waals surface area contributed by atoms with Crippen LogP contribution in [0.5, 0.6) is 5.75 Å². The average molecular weight is 412 g/mol. The van der Waals surface area contributed by atoms with Crippen molar-refractivity contribution in [3.05, 3.63) is 59.4 Å². The number of anilines is 1. The zero-order chi connectivity index (χ0) is 20.2. The molecule has 0 unspecified atom stereocenters. The predicted octanol–water partition coefficient (Wildman–Crippen LogP) is 3.52. The summed E-state index contributed by atoms with van der Waals surface area (Å²) in [5.41, 5.74) is 2.42. The first-order valence-electron chi connectivity index (χ1n) is 9.75. The van der Waals surface area contributed by atoms with E-state index in [2.05, 4.69) is 0 Å². The van der Waals surface area contributed by atoms with E-state index in [0.717, 1.165) is 29.7 Å². The maximum atomic E-state index is 13.8. The molecule has 1 atom stereocenters. The number of hydrogen-bond donors (Lipinski definition) is 0. The molecule has 0 aromatic heterocycles. The van der Waals surface area contributed by atoms with E-state index in [-0.39, 0.29) is 23.5 Å². The number of carbonyl (C=O) groups excluding carboxylic acids is 2. The third-order valence-corrected chi connectivity index (χ3v) is 7.27. The van der Waals surface area contributed by atoms with E-state index in [1.165, 1.54) is 23.9 Å². The summed E-state index contributed by atoms with van der Waals surface area (Å²) in [6.45, 7) is 0.888. The third-order valence-electron chi connectivity index (χ3n) is 5.85. The molecule has 2 aromatic rings. The summed E-state index contributed by atoms with van der Waals surface area (Å²) < 4.78 is 18.7. The molecule has 2 aliphatic heterocycles. The summed E-state index contributed by atoms with van der Waals surface area (Å²) >= 11 is 1.52. The number of carbonyl (C=O) groups is 2. The van der Waals surface area contributed by atoms with E-state index in [1.54, 1.807) is 29.0 Å². The van der Waals surface area contributed by atoms with E-state index in [1.807, 2.05) is 18.2 Å². The second-order valence-electron chi connectivity index (χ2n) is 7.66. The molecule has 1 spiro atoms. The molecular formula is C22H21FN2O3S. The van der Waals surface area contributed by atoms with Crippen molar-refractivity contribution in [1.29, 1.82) is 0 Å². The van der Waals surface area contributed by atoms with Crippen LogP contribution in [0.1, 0.15) is 24.0 Å². The number of hydrogen-bond acceptors (Lipinski definition) is 4. The van der Waals surface area contributed by atoms with Gasteiger partial charge in [0, 0.05) is 23.8 Å². The van der Waals surface area contributed by atoms with Crippen LogP contribution in [0.15, 0.2) is 42.5 Å². The minimum atomic E-state index is -1.04. The Morgan fingerprint density at radius 1 is 1.24 bits per heavy atom. The Kier molecular flexibility index (Phi) is 4.31. The quantitative estimate of drug-likeness (QED) is 0.771.